The van der Waals surface area contributed by atoms with E-state index >= 15 is 0 Å². The molecule has 0 radical (unpaired) electrons. The molecule has 0 saturated carbocycles. The molecule has 4 aromatic carbocycles. The number of nitrogens with one attached hydrogen (secondary N) is 1. The predicted octanol–water partition coefficient (Wildman–Crippen LogP) is 8.41. The molecule has 53 heavy (non-hydrogen) atoms. The summed E-state index contributed by atoms with van der Waals surface area (Å²) < 4.78 is 87.6. The Bertz CT molecular complexity index is 1890. The van der Waals surface area contributed by atoms with Gasteiger partial charge in [0.2, 0.25) is 5.91 Å². The lowest BCUT2D eigenvalue weighted by Gasteiger charge is -2.38. The number of anilines is 1. The number of hydrogen-bond donors (Lipinski definition) is 2. The summed E-state index contributed by atoms with van der Waals surface area (Å²) in [4.78, 5) is 32.9. The SMILES string of the molecule is C[C@@H]1CN([C@@H](C)CO)C(=O)c2cccc(NC(=O)Cc3ccc(C(F)(F)F)cc3C(F)(F)F)c2O[C@@H]1CN(C)Cc1ccc(Sc2ccccc2)cc1. The van der Waals surface area contributed by atoms with Crippen LogP contribution in [0.5, 0.6) is 5.75 Å². The Morgan fingerprint density at radius 3 is 2.28 bits per heavy atom. The van der Waals surface area contributed by atoms with Gasteiger partial charge in [-0.2, -0.15) is 26.3 Å². The van der Waals surface area contributed by atoms with Crippen molar-refractivity contribution in [2.75, 3.05) is 32.1 Å². The predicted molar refractivity (Wildman–Crippen MR) is 190 cm³/mol. The highest BCUT2D eigenvalue weighted by Gasteiger charge is 2.39. The first kappa shape index (κ1) is 39.7. The van der Waals surface area contributed by atoms with Gasteiger partial charge >= 0.3 is 12.4 Å². The number of carbonyl (C=O) groups is 2. The number of amides is 2. The summed E-state index contributed by atoms with van der Waals surface area (Å²) in [6.07, 6.45) is -11.6. The fourth-order valence-electron chi connectivity index (χ4n) is 6.07. The van der Waals surface area contributed by atoms with Crippen molar-refractivity contribution in [2.45, 2.75) is 61.1 Å². The van der Waals surface area contributed by atoms with Crippen molar-refractivity contribution in [3.05, 3.63) is 119 Å². The molecular formula is C39H39F6N3O4S. The molecule has 1 aliphatic rings. The maximum absolute atomic E-state index is 13.8. The standard InChI is InChI=1S/C39H39F6N3O4S/c1-24-20-48(25(2)23-49)37(51)31-10-7-11-33(46-35(50)18-27-14-15-28(38(40,41)42)19-32(27)39(43,44)45)36(31)52-34(24)22-47(3)21-26-12-16-30(17-13-26)53-29-8-5-4-6-9-29/h4-17,19,24-25,34,49H,18,20-23H2,1-3H3,(H,46,50)/t24-,25+,34-/m1/s1. The van der Waals surface area contributed by atoms with Crippen LogP contribution in [-0.2, 0) is 30.1 Å². The van der Waals surface area contributed by atoms with Crippen molar-refractivity contribution in [3.63, 3.8) is 0 Å². The second-order valence-electron chi connectivity index (χ2n) is 13.2. The molecule has 0 fully saturated rings. The zero-order valence-corrected chi connectivity index (χ0v) is 30.0. The zero-order chi connectivity index (χ0) is 38.5. The first-order valence-corrected chi connectivity index (χ1v) is 17.6. The number of halogens is 6. The molecule has 7 nitrogen and oxygen atoms in total. The van der Waals surface area contributed by atoms with Crippen molar-refractivity contribution in [3.8, 4) is 5.75 Å². The summed E-state index contributed by atoms with van der Waals surface area (Å²) in [7, 11) is 1.91. The summed E-state index contributed by atoms with van der Waals surface area (Å²) in [5.41, 5.74) is -2.60. The van der Waals surface area contributed by atoms with E-state index in [-0.39, 0.29) is 42.1 Å². The minimum Gasteiger partial charge on any atom is -0.486 e. The molecule has 4 aromatic rings. The highest BCUT2D eigenvalue weighted by molar-refractivity contribution is 7.99. The molecule has 0 saturated heterocycles. The zero-order valence-electron chi connectivity index (χ0n) is 29.2. The van der Waals surface area contributed by atoms with Crippen LogP contribution in [0.4, 0.5) is 32.0 Å². The van der Waals surface area contributed by atoms with E-state index in [1.165, 1.54) is 23.1 Å². The molecule has 2 amide bonds. The van der Waals surface area contributed by atoms with Gasteiger partial charge in [0.25, 0.3) is 5.91 Å². The maximum Gasteiger partial charge on any atom is 0.416 e. The number of nitrogens with zero attached hydrogens (tertiary/aromatic N) is 2. The molecule has 0 aromatic heterocycles. The minimum atomic E-state index is -5.15. The van der Waals surface area contributed by atoms with Gasteiger partial charge in [-0.3, -0.25) is 14.5 Å². The van der Waals surface area contributed by atoms with E-state index in [0.717, 1.165) is 15.4 Å². The number of alkyl halides is 6. The van der Waals surface area contributed by atoms with Gasteiger partial charge in [0.05, 0.1) is 41.4 Å². The average molecular weight is 760 g/mol. The topological polar surface area (TPSA) is 82.1 Å². The molecule has 3 atom stereocenters. The minimum absolute atomic E-state index is 0.00306. The number of aliphatic hydroxyl groups excluding tert-OH is 1. The van der Waals surface area contributed by atoms with Gasteiger partial charge in [0.1, 0.15) is 6.10 Å². The Kier molecular flexibility index (Phi) is 12.5. The summed E-state index contributed by atoms with van der Waals surface area (Å²) in [5.74, 6) is -1.72. The van der Waals surface area contributed by atoms with Gasteiger partial charge < -0.3 is 20.1 Å². The fourth-order valence-corrected chi connectivity index (χ4v) is 6.91. The molecule has 282 valence electrons. The number of carbonyl (C=O) groups excluding carboxylic acids is 2. The van der Waals surface area contributed by atoms with Crippen LogP contribution in [0.1, 0.15) is 46.5 Å². The van der Waals surface area contributed by atoms with Crippen LogP contribution in [0, 0.1) is 5.92 Å². The second-order valence-corrected chi connectivity index (χ2v) is 14.3. The molecule has 0 aliphatic carbocycles. The molecule has 0 bridgehead atoms. The van der Waals surface area contributed by atoms with Crippen LogP contribution in [0.2, 0.25) is 0 Å². The monoisotopic (exact) mass is 759 g/mol. The number of likely N-dealkylation sites (N-methyl/N-ethyl adjacent to an activating group) is 1. The third kappa shape index (κ3) is 10.1. The highest BCUT2D eigenvalue weighted by atomic mass is 32.2. The highest BCUT2D eigenvalue weighted by Crippen LogP contribution is 2.39. The maximum atomic E-state index is 13.8. The molecule has 1 aliphatic heterocycles. The number of fused-ring (bicyclic) bond motifs is 1. The summed E-state index contributed by atoms with van der Waals surface area (Å²) in [6, 6.07) is 23.1. The van der Waals surface area contributed by atoms with E-state index in [2.05, 4.69) is 5.32 Å². The Morgan fingerprint density at radius 2 is 1.64 bits per heavy atom. The van der Waals surface area contributed by atoms with Crippen LogP contribution < -0.4 is 10.1 Å². The van der Waals surface area contributed by atoms with Crippen LogP contribution in [0.15, 0.2) is 101 Å². The number of aliphatic hydroxyl groups is 1. The molecule has 5 rings (SSSR count). The van der Waals surface area contributed by atoms with Crippen LogP contribution in [-0.4, -0.2) is 65.6 Å². The van der Waals surface area contributed by atoms with E-state index in [9.17, 15) is 41.0 Å². The van der Waals surface area contributed by atoms with E-state index in [0.29, 0.717) is 25.2 Å². The number of benzene rings is 4. The van der Waals surface area contributed by atoms with E-state index in [1.807, 2.05) is 73.5 Å². The molecular weight excluding hydrogens is 721 g/mol. The van der Waals surface area contributed by atoms with E-state index in [1.54, 1.807) is 18.7 Å². The molecule has 0 unspecified atom stereocenters. The average Bonchev–Trinajstić information content (AvgIpc) is 3.10. The Labute approximate surface area is 307 Å². The van der Waals surface area contributed by atoms with E-state index in [4.69, 9.17) is 4.74 Å². The molecule has 14 heteroatoms. The van der Waals surface area contributed by atoms with Gasteiger partial charge in [-0.05, 0) is 73.6 Å². The van der Waals surface area contributed by atoms with Gasteiger partial charge in [-0.25, -0.2) is 0 Å². The first-order chi connectivity index (χ1) is 25.0. The lowest BCUT2D eigenvalue weighted by atomic mass is 9.98. The van der Waals surface area contributed by atoms with Gasteiger partial charge in [-0.1, -0.05) is 61.2 Å². The number of para-hydroxylation sites is 1. The summed E-state index contributed by atoms with van der Waals surface area (Å²) in [6.45, 7) is 4.45. The van der Waals surface area contributed by atoms with Crippen molar-refractivity contribution >= 4 is 29.3 Å². The van der Waals surface area contributed by atoms with Crippen molar-refractivity contribution < 1.29 is 45.8 Å². The lowest BCUT2D eigenvalue weighted by Crippen LogP contribution is -2.49. The summed E-state index contributed by atoms with van der Waals surface area (Å²) in [5, 5.41) is 12.5. The quantitative estimate of drug-likeness (QED) is 0.150. The molecule has 2 N–H and O–H groups in total. The first-order valence-electron chi connectivity index (χ1n) is 16.8. The third-order valence-electron chi connectivity index (χ3n) is 8.91. The van der Waals surface area contributed by atoms with Gasteiger partial charge in [-0.15, -0.1) is 0 Å². The number of hydrogen-bond acceptors (Lipinski definition) is 6. The Hall–Kier alpha value is -4.53. The summed E-state index contributed by atoms with van der Waals surface area (Å²) >= 11 is 1.65. The smallest absolute Gasteiger partial charge is 0.416 e. The number of rotatable bonds is 11. The Balaban J connectivity index is 1.38. The normalized spacial score (nSPS) is 17.1. The van der Waals surface area contributed by atoms with Crippen LogP contribution >= 0.6 is 11.8 Å². The third-order valence-corrected chi connectivity index (χ3v) is 9.92. The van der Waals surface area contributed by atoms with Gasteiger partial charge in [0.15, 0.2) is 5.75 Å². The molecule has 0 spiro atoms. The van der Waals surface area contributed by atoms with Gasteiger partial charge in [0, 0.05) is 35.3 Å². The second kappa shape index (κ2) is 16.6. The van der Waals surface area contributed by atoms with E-state index < -0.39 is 59.4 Å². The van der Waals surface area contributed by atoms with Crippen LogP contribution in [0.3, 0.4) is 0 Å². The van der Waals surface area contributed by atoms with Crippen LogP contribution in [0.25, 0.3) is 0 Å². The lowest BCUT2D eigenvalue weighted by molar-refractivity contribution is -0.143. The fraction of sp³-hybridized carbons (Fsp3) is 0.333. The van der Waals surface area contributed by atoms with Crippen molar-refractivity contribution in [1.29, 1.82) is 0 Å². The number of ether oxygens (including phenoxy) is 1. The molecule has 1 heterocycles. The van der Waals surface area contributed by atoms with Crippen molar-refractivity contribution in [1.82, 2.24) is 9.80 Å². The largest absolute Gasteiger partial charge is 0.486 e. The van der Waals surface area contributed by atoms with Crippen molar-refractivity contribution in [2.24, 2.45) is 5.92 Å². The Morgan fingerprint density at radius 1 is 0.962 bits per heavy atom.